The number of carbonyl (C=O) groups is 1. The van der Waals surface area contributed by atoms with Gasteiger partial charge in [0.25, 0.3) is 0 Å². The summed E-state index contributed by atoms with van der Waals surface area (Å²) in [6.45, 7) is 3.00. The Labute approximate surface area is 158 Å². The van der Waals surface area contributed by atoms with E-state index in [-0.39, 0.29) is 5.91 Å². The fourth-order valence-electron chi connectivity index (χ4n) is 3.68. The van der Waals surface area contributed by atoms with Crippen molar-refractivity contribution in [2.24, 2.45) is 14.1 Å². The number of amides is 1. The Balaban J connectivity index is 1.63. The third kappa shape index (κ3) is 3.09. The first kappa shape index (κ1) is 17.3. The van der Waals surface area contributed by atoms with Crippen molar-refractivity contribution in [2.75, 3.05) is 18.5 Å². The zero-order valence-corrected chi connectivity index (χ0v) is 16.2. The van der Waals surface area contributed by atoms with Crippen LogP contribution in [-0.2, 0) is 31.9 Å². The van der Waals surface area contributed by atoms with E-state index < -0.39 is 0 Å². The SMILES string of the molecule is CC(=O)N1CCc2c(c(N(C)c3ccc(-c4cnn(C)c4)cc3)nn2C)C1. The summed E-state index contributed by atoms with van der Waals surface area (Å²) in [5, 5.41) is 8.97. The van der Waals surface area contributed by atoms with E-state index >= 15 is 0 Å². The van der Waals surface area contributed by atoms with Crippen molar-refractivity contribution in [1.82, 2.24) is 24.5 Å². The molecule has 3 heterocycles. The van der Waals surface area contributed by atoms with Crippen molar-refractivity contribution >= 4 is 17.4 Å². The third-order valence-electron chi connectivity index (χ3n) is 5.28. The number of rotatable bonds is 3. The lowest BCUT2D eigenvalue weighted by Crippen LogP contribution is -2.34. The van der Waals surface area contributed by atoms with Crippen molar-refractivity contribution in [2.45, 2.75) is 19.9 Å². The maximum Gasteiger partial charge on any atom is 0.219 e. The molecule has 2 aromatic heterocycles. The number of anilines is 2. The first-order chi connectivity index (χ1) is 12.9. The molecule has 0 fully saturated rings. The molecule has 140 valence electrons. The molecule has 27 heavy (non-hydrogen) atoms. The van der Waals surface area contributed by atoms with Gasteiger partial charge in [-0.2, -0.15) is 10.2 Å². The second kappa shape index (κ2) is 6.57. The highest BCUT2D eigenvalue weighted by Gasteiger charge is 2.27. The summed E-state index contributed by atoms with van der Waals surface area (Å²) in [6.07, 6.45) is 4.71. The second-order valence-corrected chi connectivity index (χ2v) is 7.07. The summed E-state index contributed by atoms with van der Waals surface area (Å²) in [5.41, 5.74) is 5.63. The zero-order valence-electron chi connectivity index (χ0n) is 16.2. The van der Waals surface area contributed by atoms with Crippen LogP contribution in [0, 0.1) is 0 Å². The highest BCUT2D eigenvalue weighted by Crippen LogP contribution is 2.32. The predicted octanol–water partition coefficient (Wildman–Crippen LogP) is 2.49. The van der Waals surface area contributed by atoms with Gasteiger partial charge in [0, 0.05) is 69.7 Å². The lowest BCUT2D eigenvalue weighted by Gasteiger charge is -2.28. The minimum absolute atomic E-state index is 0.110. The number of carbonyl (C=O) groups excluding carboxylic acids is 1. The first-order valence-electron chi connectivity index (χ1n) is 9.07. The van der Waals surface area contributed by atoms with Crippen molar-refractivity contribution < 1.29 is 4.79 Å². The van der Waals surface area contributed by atoms with Crippen LogP contribution >= 0.6 is 0 Å². The highest BCUT2D eigenvalue weighted by molar-refractivity contribution is 5.74. The van der Waals surface area contributed by atoms with Crippen LogP contribution in [-0.4, -0.2) is 44.0 Å². The summed E-state index contributed by atoms with van der Waals surface area (Å²) in [4.78, 5) is 15.8. The average molecular weight is 364 g/mol. The van der Waals surface area contributed by atoms with Gasteiger partial charge in [0.1, 0.15) is 0 Å². The molecule has 0 N–H and O–H groups in total. The molecule has 1 aliphatic rings. The molecular formula is C20H24N6O. The summed E-state index contributed by atoms with van der Waals surface area (Å²) >= 11 is 0. The molecular weight excluding hydrogens is 340 g/mol. The molecule has 0 bridgehead atoms. The van der Waals surface area contributed by atoms with E-state index in [1.54, 1.807) is 11.6 Å². The fraction of sp³-hybridized carbons (Fsp3) is 0.350. The molecule has 0 unspecified atom stereocenters. The van der Waals surface area contributed by atoms with E-state index in [1.165, 1.54) is 5.69 Å². The summed E-state index contributed by atoms with van der Waals surface area (Å²) in [5.74, 6) is 1.02. The van der Waals surface area contributed by atoms with Crippen LogP contribution in [0.3, 0.4) is 0 Å². The van der Waals surface area contributed by atoms with Gasteiger partial charge in [0.15, 0.2) is 5.82 Å². The van der Waals surface area contributed by atoms with Gasteiger partial charge in [-0.3, -0.25) is 14.2 Å². The number of nitrogens with zero attached hydrogens (tertiary/aromatic N) is 6. The molecule has 1 aromatic carbocycles. The van der Waals surface area contributed by atoms with Gasteiger partial charge < -0.3 is 9.80 Å². The standard InChI is InChI=1S/C20H24N6O/c1-14(27)26-10-9-19-18(13-26)20(22-25(19)4)24(3)17-7-5-15(6-8-17)16-11-21-23(2)12-16/h5-8,11-12H,9-10,13H2,1-4H3. The van der Waals surface area contributed by atoms with Gasteiger partial charge in [-0.1, -0.05) is 12.1 Å². The maximum atomic E-state index is 11.8. The summed E-state index contributed by atoms with van der Waals surface area (Å²) < 4.78 is 3.75. The Morgan fingerprint density at radius 3 is 2.52 bits per heavy atom. The number of hydrogen-bond donors (Lipinski definition) is 0. The molecule has 7 nitrogen and oxygen atoms in total. The number of fused-ring (bicyclic) bond motifs is 1. The Morgan fingerprint density at radius 1 is 1.15 bits per heavy atom. The quantitative estimate of drug-likeness (QED) is 0.716. The van der Waals surface area contributed by atoms with Gasteiger partial charge >= 0.3 is 0 Å². The third-order valence-corrected chi connectivity index (χ3v) is 5.28. The molecule has 1 aliphatic heterocycles. The predicted molar refractivity (Wildman–Crippen MR) is 105 cm³/mol. The molecule has 0 radical (unpaired) electrons. The van der Waals surface area contributed by atoms with Crippen molar-refractivity contribution in [3.63, 3.8) is 0 Å². The van der Waals surface area contributed by atoms with E-state index in [9.17, 15) is 4.79 Å². The largest absolute Gasteiger partial charge is 0.338 e. The molecule has 3 aromatic rings. The summed E-state index contributed by atoms with van der Waals surface area (Å²) in [7, 11) is 5.92. The fourth-order valence-corrected chi connectivity index (χ4v) is 3.68. The molecule has 0 spiro atoms. The lowest BCUT2D eigenvalue weighted by molar-refractivity contribution is -0.129. The van der Waals surface area contributed by atoms with Gasteiger partial charge in [0.2, 0.25) is 5.91 Å². The van der Waals surface area contributed by atoms with Crippen LogP contribution in [0.2, 0.25) is 0 Å². The molecule has 0 aliphatic carbocycles. The summed E-state index contributed by atoms with van der Waals surface area (Å²) in [6, 6.07) is 8.38. The number of benzene rings is 1. The molecule has 7 heteroatoms. The highest BCUT2D eigenvalue weighted by atomic mass is 16.2. The first-order valence-corrected chi connectivity index (χ1v) is 9.07. The van der Waals surface area contributed by atoms with Gasteiger partial charge in [-0.05, 0) is 17.7 Å². The Hall–Kier alpha value is -3.09. The Kier molecular flexibility index (Phi) is 4.22. The number of hydrogen-bond acceptors (Lipinski definition) is 4. The second-order valence-electron chi connectivity index (χ2n) is 7.07. The van der Waals surface area contributed by atoms with E-state index in [0.29, 0.717) is 6.54 Å². The maximum absolute atomic E-state index is 11.8. The van der Waals surface area contributed by atoms with Gasteiger partial charge in [-0.25, -0.2) is 0 Å². The lowest BCUT2D eigenvalue weighted by atomic mass is 10.1. The smallest absolute Gasteiger partial charge is 0.219 e. The number of aromatic nitrogens is 4. The van der Waals surface area contributed by atoms with Gasteiger partial charge in [0.05, 0.1) is 12.7 Å². The molecule has 1 amide bonds. The van der Waals surface area contributed by atoms with E-state index in [0.717, 1.165) is 41.2 Å². The topological polar surface area (TPSA) is 59.2 Å². The average Bonchev–Trinajstić information content (AvgIpc) is 3.24. The Bertz CT molecular complexity index is 985. The van der Waals surface area contributed by atoms with E-state index in [1.807, 2.05) is 43.1 Å². The monoisotopic (exact) mass is 364 g/mol. The molecule has 0 saturated heterocycles. The minimum Gasteiger partial charge on any atom is -0.338 e. The van der Waals surface area contributed by atoms with Crippen molar-refractivity contribution in [1.29, 1.82) is 0 Å². The molecule has 4 rings (SSSR count). The Morgan fingerprint density at radius 2 is 1.89 bits per heavy atom. The molecule has 0 saturated carbocycles. The van der Waals surface area contributed by atoms with Gasteiger partial charge in [-0.15, -0.1) is 0 Å². The van der Waals surface area contributed by atoms with E-state index in [4.69, 9.17) is 5.10 Å². The number of aryl methyl sites for hydroxylation is 2. The van der Waals surface area contributed by atoms with Crippen molar-refractivity contribution in [3.05, 3.63) is 47.9 Å². The molecule has 0 atom stereocenters. The van der Waals surface area contributed by atoms with E-state index in [2.05, 4.69) is 34.3 Å². The van der Waals surface area contributed by atoms with Crippen molar-refractivity contribution in [3.8, 4) is 11.1 Å². The van der Waals surface area contributed by atoms with Crippen LogP contribution < -0.4 is 4.90 Å². The minimum atomic E-state index is 0.110. The van der Waals surface area contributed by atoms with Crippen LogP contribution in [0.5, 0.6) is 0 Å². The van der Waals surface area contributed by atoms with Crippen LogP contribution in [0.25, 0.3) is 11.1 Å². The normalized spacial score (nSPS) is 13.6. The van der Waals surface area contributed by atoms with Crippen LogP contribution in [0.1, 0.15) is 18.2 Å². The van der Waals surface area contributed by atoms with Crippen LogP contribution in [0.15, 0.2) is 36.7 Å². The zero-order chi connectivity index (χ0) is 19.1. The van der Waals surface area contributed by atoms with Crippen LogP contribution in [0.4, 0.5) is 11.5 Å².